The van der Waals surface area contributed by atoms with Gasteiger partial charge in [-0.1, -0.05) is 13.3 Å². The molecule has 2 unspecified atom stereocenters. The zero-order valence-corrected chi connectivity index (χ0v) is 11.2. The lowest BCUT2D eigenvalue weighted by Crippen LogP contribution is -2.49. The first-order chi connectivity index (χ1) is 8.11. The average Bonchev–Trinajstić information content (AvgIpc) is 2.75. The van der Waals surface area contributed by atoms with Crippen LogP contribution in [0.3, 0.4) is 0 Å². The summed E-state index contributed by atoms with van der Waals surface area (Å²) in [7, 11) is 0. The van der Waals surface area contributed by atoms with Crippen molar-refractivity contribution in [1.29, 1.82) is 0 Å². The first-order valence-electron chi connectivity index (χ1n) is 6.08. The van der Waals surface area contributed by atoms with Crippen LogP contribution in [0.1, 0.15) is 35.3 Å². The number of nitrogens with two attached hydrogens (primary N) is 1. The smallest absolute Gasteiger partial charge is 0.273 e. The Balaban J connectivity index is 2.05. The van der Waals surface area contributed by atoms with Gasteiger partial charge in [0.05, 0.1) is 5.01 Å². The maximum atomic E-state index is 12.2. The molecule has 1 aromatic rings. The molecule has 1 amide bonds. The number of nitrogens with zero attached hydrogens (tertiary/aromatic N) is 2. The molecule has 1 fully saturated rings. The van der Waals surface area contributed by atoms with E-state index in [-0.39, 0.29) is 11.9 Å². The van der Waals surface area contributed by atoms with E-state index in [0.29, 0.717) is 11.6 Å². The number of carbonyl (C=O) groups excluding carboxylic acids is 1. The van der Waals surface area contributed by atoms with Gasteiger partial charge in [0, 0.05) is 24.5 Å². The van der Waals surface area contributed by atoms with Crippen molar-refractivity contribution in [2.24, 2.45) is 11.7 Å². The molecule has 1 aromatic heterocycles. The van der Waals surface area contributed by atoms with Crippen LogP contribution in [0.4, 0.5) is 0 Å². The number of piperidine rings is 1. The van der Waals surface area contributed by atoms with Gasteiger partial charge >= 0.3 is 0 Å². The van der Waals surface area contributed by atoms with Gasteiger partial charge < -0.3 is 10.6 Å². The van der Waals surface area contributed by atoms with E-state index >= 15 is 0 Å². The average molecular weight is 253 g/mol. The zero-order valence-electron chi connectivity index (χ0n) is 10.3. The minimum atomic E-state index is 0.0553. The van der Waals surface area contributed by atoms with Crippen molar-refractivity contribution in [1.82, 2.24) is 9.88 Å². The van der Waals surface area contributed by atoms with Gasteiger partial charge in [0.25, 0.3) is 5.91 Å². The van der Waals surface area contributed by atoms with Crippen molar-refractivity contribution in [3.8, 4) is 0 Å². The summed E-state index contributed by atoms with van der Waals surface area (Å²) in [4.78, 5) is 18.4. The molecule has 1 aliphatic heterocycles. The van der Waals surface area contributed by atoms with Crippen LogP contribution in [0.5, 0.6) is 0 Å². The monoisotopic (exact) mass is 253 g/mol. The molecular weight excluding hydrogens is 234 g/mol. The zero-order chi connectivity index (χ0) is 12.4. The topological polar surface area (TPSA) is 59.2 Å². The molecule has 0 aromatic carbocycles. The van der Waals surface area contributed by atoms with E-state index in [1.165, 1.54) is 11.3 Å². The van der Waals surface area contributed by atoms with E-state index in [1.807, 2.05) is 17.2 Å². The van der Waals surface area contributed by atoms with Crippen molar-refractivity contribution in [2.45, 2.75) is 32.7 Å². The normalized spacial score (nSPS) is 25.0. The second kappa shape index (κ2) is 5.14. The van der Waals surface area contributed by atoms with E-state index in [2.05, 4.69) is 11.9 Å². The number of aryl methyl sites for hydroxylation is 1. The standard InChI is InChI=1S/C12H19N3OS/c1-3-9-6-15(5-4-10(9)13)12(16)11-7-17-8(2)14-11/h7,9-10H,3-6,13H2,1-2H3. The molecule has 1 saturated heterocycles. The van der Waals surface area contributed by atoms with Crippen molar-refractivity contribution in [3.63, 3.8) is 0 Å². The third-order valence-corrected chi connectivity index (χ3v) is 4.22. The minimum absolute atomic E-state index is 0.0553. The molecule has 2 rings (SSSR count). The maximum Gasteiger partial charge on any atom is 0.273 e. The molecule has 0 radical (unpaired) electrons. The van der Waals surface area contributed by atoms with Gasteiger partial charge in [0.1, 0.15) is 5.69 Å². The van der Waals surface area contributed by atoms with Crippen molar-refractivity contribution in [2.75, 3.05) is 13.1 Å². The van der Waals surface area contributed by atoms with Crippen molar-refractivity contribution < 1.29 is 4.79 Å². The summed E-state index contributed by atoms with van der Waals surface area (Å²) >= 11 is 1.52. The number of thiazole rings is 1. The fourth-order valence-electron chi connectivity index (χ4n) is 2.29. The van der Waals surface area contributed by atoms with Crippen LogP contribution >= 0.6 is 11.3 Å². The molecule has 0 spiro atoms. The number of aromatic nitrogens is 1. The lowest BCUT2D eigenvalue weighted by molar-refractivity contribution is 0.0644. The molecule has 4 nitrogen and oxygen atoms in total. The summed E-state index contributed by atoms with van der Waals surface area (Å²) in [6, 6.07) is 0.237. The fourth-order valence-corrected chi connectivity index (χ4v) is 2.88. The van der Waals surface area contributed by atoms with E-state index in [9.17, 15) is 4.79 Å². The summed E-state index contributed by atoms with van der Waals surface area (Å²) in [6.45, 7) is 5.58. The van der Waals surface area contributed by atoms with Crippen molar-refractivity contribution >= 4 is 17.2 Å². The SMILES string of the molecule is CCC1CN(C(=O)c2csc(C)n2)CCC1N. The molecule has 0 saturated carbocycles. The maximum absolute atomic E-state index is 12.2. The number of hydrogen-bond donors (Lipinski definition) is 1. The molecule has 2 heterocycles. The molecule has 2 N–H and O–H groups in total. The summed E-state index contributed by atoms with van der Waals surface area (Å²) < 4.78 is 0. The summed E-state index contributed by atoms with van der Waals surface area (Å²) in [6.07, 6.45) is 1.93. The highest BCUT2D eigenvalue weighted by Gasteiger charge is 2.29. The van der Waals surface area contributed by atoms with Crippen LogP contribution in [-0.2, 0) is 0 Å². The van der Waals surface area contributed by atoms with Crippen LogP contribution in [0.2, 0.25) is 0 Å². The molecule has 94 valence electrons. The van der Waals surface area contributed by atoms with Crippen LogP contribution in [0.25, 0.3) is 0 Å². The second-order valence-electron chi connectivity index (χ2n) is 4.62. The Bertz CT molecular complexity index is 404. The number of hydrogen-bond acceptors (Lipinski definition) is 4. The van der Waals surface area contributed by atoms with E-state index in [0.717, 1.165) is 30.9 Å². The fraction of sp³-hybridized carbons (Fsp3) is 0.667. The van der Waals surface area contributed by atoms with E-state index < -0.39 is 0 Å². The third-order valence-electron chi connectivity index (χ3n) is 3.44. The Labute approximate surface area is 106 Å². The van der Waals surface area contributed by atoms with Gasteiger partial charge in [-0.05, 0) is 19.3 Å². The van der Waals surface area contributed by atoms with Crippen LogP contribution in [0.15, 0.2) is 5.38 Å². The highest BCUT2D eigenvalue weighted by molar-refractivity contribution is 7.09. The second-order valence-corrected chi connectivity index (χ2v) is 5.69. The molecule has 1 aliphatic rings. The largest absolute Gasteiger partial charge is 0.337 e. The van der Waals surface area contributed by atoms with E-state index in [1.54, 1.807) is 0 Å². The van der Waals surface area contributed by atoms with Gasteiger partial charge in [-0.2, -0.15) is 0 Å². The number of likely N-dealkylation sites (tertiary alicyclic amines) is 1. The van der Waals surface area contributed by atoms with Gasteiger partial charge in [0.2, 0.25) is 0 Å². The Morgan fingerprint density at radius 1 is 1.71 bits per heavy atom. The van der Waals surface area contributed by atoms with Gasteiger partial charge in [-0.15, -0.1) is 11.3 Å². The summed E-state index contributed by atoms with van der Waals surface area (Å²) in [5.74, 6) is 0.479. The Morgan fingerprint density at radius 3 is 3.06 bits per heavy atom. The quantitative estimate of drug-likeness (QED) is 0.872. The Morgan fingerprint density at radius 2 is 2.47 bits per heavy atom. The lowest BCUT2D eigenvalue weighted by atomic mass is 9.90. The van der Waals surface area contributed by atoms with Crippen LogP contribution in [-0.4, -0.2) is 34.9 Å². The van der Waals surface area contributed by atoms with Gasteiger partial charge in [-0.25, -0.2) is 4.98 Å². The van der Waals surface area contributed by atoms with Crippen molar-refractivity contribution in [3.05, 3.63) is 16.1 Å². The van der Waals surface area contributed by atoms with E-state index in [4.69, 9.17) is 5.73 Å². The molecular formula is C12H19N3OS. The third kappa shape index (κ3) is 2.66. The highest BCUT2D eigenvalue weighted by atomic mass is 32.1. The number of carbonyl (C=O) groups is 1. The van der Waals surface area contributed by atoms with Crippen LogP contribution < -0.4 is 5.73 Å². The summed E-state index contributed by atoms with van der Waals surface area (Å²) in [5, 5.41) is 2.78. The summed E-state index contributed by atoms with van der Waals surface area (Å²) in [5.41, 5.74) is 6.62. The lowest BCUT2D eigenvalue weighted by Gasteiger charge is -2.36. The Hall–Kier alpha value is -0.940. The molecule has 0 bridgehead atoms. The highest BCUT2D eigenvalue weighted by Crippen LogP contribution is 2.20. The molecule has 17 heavy (non-hydrogen) atoms. The minimum Gasteiger partial charge on any atom is -0.337 e. The van der Waals surface area contributed by atoms with Gasteiger partial charge in [0.15, 0.2) is 0 Å². The molecule has 2 atom stereocenters. The number of rotatable bonds is 2. The predicted octanol–water partition coefficient (Wildman–Crippen LogP) is 1.65. The van der Waals surface area contributed by atoms with Crippen LogP contribution in [0, 0.1) is 12.8 Å². The molecule has 0 aliphatic carbocycles. The molecule has 5 heteroatoms. The first-order valence-corrected chi connectivity index (χ1v) is 6.96. The number of amides is 1. The first kappa shape index (κ1) is 12.5. The van der Waals surface area contributed by atoms with Gasteiger partial charge in [-0.3, -0.25) is 4.79 Å². The predicted molar refractivity (Wildman–Crippen MR) is 69.1 cm³/mol. The Kier molecular flexibility index (Phi) is 3.79.